The minimum absolute atomic E-state index is 0.0769. The maximum atomic E-state index is 13.9. The second-order valence-electron chi connectivity index (χ2n) is 8.96. The molecule has 1 amide bonds. The van der Waals surface area contributed by atoms with Crippen LogP contribution in [0.2, 0.25) is 0 Å². The number of aromatic nitrogens is 2. The summed E-state index contributed by atoms with van der Waals surface area (Å²) in [4.78, 5) is 24.9. The van der Waals surface area contributed by atoms with Gasteiger partial charge in [0, 0.05) is 13.5 Å². The molecule has 2 N–H and O–H groups in total. The van der Waals surface area contributed by atoms with E-state index in [2.05, 4.69) is 10.4 Å². The van der Waals surface area contributed by atoms with Crippen molar-refractivity contribution in [1.29, 1.82) is 0 Å². The second kappa shape index (κ2) is 10.3. The summed E-state index contributed by atoms with van der Waals surface area (Å²) >= 11 is 0. The number of methoxy groups -OCH3 is 1. The molecule has 1 unspecified atom stereocenters. The van der Waals surface area contributed by atoms with Crippen LogP contribution >= 0.6 is 0 Å². The van der Waals surface area contributed by atoms with E-state index in [0.29, 0.717) is 5.57 Å². The molecule has 37 heavy (non-hydrogen) atoms. The number of carbonyl (C=O) groups excluding carboxylic acids is 1. The maximum Gasteiger partial charge on any atom is 0.416 e. The smallest absolute Gasteiger partial charge is 0.416 e. The van der Waals surface area contributed by atoms with Crippen LogP contribution in [-0.2, 0) is 29.2 Å². The molecule has 0 saturated carbocycles. The van der Waals surface area contributed by atoms with Crippen LogP contribution in [0.1, 0.15) is 59.6 Å². The first-order valence-corrected chi connectivity index (χ1v) is 11.2. The van der Waals surface area contributed by atoms with Crippen LogP contribution in [0.15, 0.2) is 47.7 Å². The Kier molecular flexibility index (Phi) is 7.80. The van der Waals surface area contributed by atoms with Gasteiger partial charge in [0.1, 0.15) is 16.9 Å². The third kappa shape index (κ3) is 5.67. The summed E-state index contributed by atoms with van der Waals surface area (Å²) in [6.07, 6.45) is -4.79. The third-order valence-electron chi connectivity index (χ3n) is 6.35. The summed E-state index contributed by atoms with van der Waals surface area (Å²) in [5.41, 5.74) is -2.76. The molecule has 1 aromatic heterocycles. The van der Waals surface area contributed by atoms with Crippen LogP contribution < -0.4 is 5.32 Å². The van der Waals surface area contributed by atoms with Gasteiger partial charge in [0.2, 0.25) is 0 Å². The number of aryl methyl sites for hydroxylation is 1. The molecule has 2 aromatic rings. The first-order chi connectivity index (χ1) is 17.2. The monoisotopic (exact) mass is 527 g/mol. The van der Waals surface area contributed by atoms with Gasteiger partial charge in [0.25, 0.3) is 12.3 Å². The molecular weight excluding hydrogens is 501 g/mol. The number of nitrogens with one attached hydrogen (secondary N) is 1. The number of hydrogen-bond acceptors (Lipinski definition) is 4. The number of carboxylic acid groups (broad SMARTS) is 1. The minimum atomic E-state index is -4.59. The van der Waals surface area contributed by atoms with Crippen molar-refractivity contribution in [3.05, 3.63) is 75.8 Å². The van der Waals surface area contributed by atoms with Gasteiger partial charge in [-0.1, -0.05) is 24.3 Å². The number of ether oxygens (including phenoxy) is 1. The van der Waals surface area contributed by atoms with Crippen LogP contribution in [0, 0.1) is 5.41 Å². The zero-order valence-corrected chi connectivity index (χ0v) is 20.5. The van der Waals surface area contributed by atoms with E-state index in [9.17, 15) is 36.6 Å². The van der Waals surface area contributed by atoms with Crippen molar-refractivity contribution in [2.75, 3.05) is 7.11 Å². The third-order valence-corrected chi connectivity index (χ3v) is 6.35. The number of aliphatic carboxylic acids is 1. The molecule has 0 spiro atoms. The van der Waals surface area contributed by atoms with Gasteiger partial charge in [-0.3, -0.25) is 14.3 Å². The summed E-state index contributed by atoms with van der Waals surface area (Å²) in [5.74, 6) is -1.82. The molecule has 3 rings (SSSR count). The van der Waals surface area contributed by atoms with Gasteiger partial charge < -0.3 is 15.2 Å². The largest absolute Gasteiger partial charge is 0.500 e. The molecule has 0 radical (unpaired) electrons. The fraction of sp³-hybridized carbons (Fsp3) is 0.400. The number of nitrogens with zero attached hydrogens (tertiary/aromatic N) is 2. The van der Waals surface area contributed by atoms with Crippen molar-refractivity contribution in [2.45, 2.75) is 45.3 Å². The van der Waals surface area contributed by atoms with E-state index < -0.39 is 52.8 Å². The normalized spacial score (nSPS) is 18.8. The summed E-state index contributed by atoms with van der Waals surface area (Å²) in [7, 11) is 2.55. The summed E-state index contributed by atoms with van der Waals surface area (Å²) < 4.78 is 73.2. The van der Waals surface area contributed by atoms with Crippen molar-refractivity contribution in [3.8, 4) is 0 Å². The highest BCUT2D eigenvalue weighted by Gasteiger charge is 2.40. The van der Waals surface area contributed by atoms with Crippen LogP contribution in [0.25, 0.3) is 0 Å². The Bertz CT molecular complexity index is 1270. The zero-order valence-electron chi connectivity index (χ0n) is 20.5. The Morgan fingerprint density at radius 2 is 1.97 bits per heavy atom. The minimum Gasteiger partial charge on any atom is -0.500 e. The standard InChI is InChI=1S/C25H26F5N3O4/c1-13(15-8-9-24(2,23(35)36)18(12-15)37-4)31-22(34)19-17(32-33(3)20(19)21(26)27)11-14-6-5-7-16(10-14)25(28,29)30/h5-8,10,12-13,21H,9,11H2,1-4H3,(H,31,34)(H,35,36)/t13-,24?/m0/s1. The molecule has 0 fully saturated rings. The van der Waals surface area contributed by atoms with Crippen LogP contribution in [0.3, 0.4) is 0 Å². The van der Waals surface area contributed by atoms with Gasteiger partial charge in [-0.2, -0.15) is 18.3 Å². The summed E-state index contributed by atoms with van der Waals surface area (Å²) in [6, 6.07) is 3.61. The van der Waals surface area contributed by atoms with Crippen molar-refractivity contribution in [2.24, 2.45) is 12.5 Å². The van der Waals surface area contributed by atoms with E-state index in [-0.39, 0.29) is 29.9 Å². The van der Waals surface area contributed by atoms with Crippen molar-refractivity contribution < 1.29 is 41.4 Å². The fourth-order valence-corrected chi connectivity index (χ4v) is 4.19. The van der Waals surface area contributed by atoms with Crippen molar-refractivity contribution in [1.82, 2.24) is 15.1 Å². The lowest BCUT2D eigenvalue weighted by Gasteiger charge is -2.30. The lowest BCUT2D eigenvalue weighted by Crippen LogP contribution is -2.37. The first kappa shape index (κ1) is 27.9. The van der Waals surface area contributed by atoms with E-state index in [0.717, 1.165) is 16.8 Å². The van der Waals surface area contributed by atoms with E-state index in [1.165, 1.54) is 39.3 Å². The van der Waals surface area contributed by atoms with Crippen molar-refractivity contribution in [3.63, 3.8) is 0 Å². The van der Waals surface area contributed by atoms with Gasteiger partial charge in [-0.25, -0.2) is 8.78 Å². The number of allylic oxidation sites excluding steroid dienone is 1. The summed E-state index contributed by atoms with van der Waals surface area (Å²) in [5, 5.41) is 16.2. The van der Waals surface area contributed by atoms with E-state index in [1.54, 1.807) is 13.0 Å². The highest BCUT2D eigenvalue weighted by molar-refractivity contribution is 5.97. The molecule has 0 saturated heterocycles. The number of halogens is 5. The molecule has 1 aromatic carbocycles. The molecule has 200 valence electrons. The average Bonchev–Trinajstić information content (AvgIpc) is 3.14. The Morgan fingerprint density at radius 3 is 2.54 bits per heavy atom. The Balaban J connectivity index is 1.92. The molecular formula is C25H26F5N3O4. The number of amides is 1. The predicted octanol–water partition coefficient (Wildman–Crippen LogP) is 5.04. The average molecular weight is 527 g/mol. The predicted molar refractivity (Wildman–Crippen MR) is 123 cm³/mol. The van der Waals surface area contributed by atoms with E-state index in [4.69, 9.17) is 4.74 Å². The molecule has 1 aliphatic carbocycles. The molecule has 0 bridgehead atoms. The first-order valence-electron chi connectivity index (χ1n) is 11.2. The van der Waals surface area contributed by atoms with Gasteiger partial charge in [0.05, 0.1) is 30.0 Å². The van der Waals surface area contributed by atoms with Gasteiger partial charge >= 0.3 is 12.1 Å². The molecule has 7 nitrogen and oxygen atoms in total. The Hall–Kier alpha value is -3.70. The number of carboxylic acids is 1. The lowest BCUT2D eigenvalue weighted by molar-refractivity contribution is -0.147. The van der Waals surface area contributed by atoms with Crippen LogP contribution in [-0.4, -0.2) is 39.9 Å². The number of benzene rings is 1. The van der Waals surface area contributed by atoms with E-state index in [1.807, 2.05) is 0 Å². The van der Waals surface area contributed by atoms with Gasteiger partial charge in [0.15, 0.2) is 0 Å². The number of carbonyl (C=O) groups is 2. The van der Waals surface area contributed by atoms with Crippen LogP contribution in [0.4, 0.5) is 22.0 Å². The Morgan fingerprint density at radius 1 is 1.30 bits per heavy atom. The quantitative estimate of drug-likeness (QED) is 0.470. The molecule has 2 atom stereocenters. The second-order valence-corrected chi connectivity index (χ2v) is 8.96. The lowest BCUT2D eigenvalue weighted by atomic mass is 9.79. The Labute approximate surface area is 209 Å². The SMILES string of the molecule is COC1=CC([C@H](C)NC(=O)c2c(Cc3cccc(C(F)(F)F)c3)nn(C)c2C(F)F)=CCC1(C)C(=O)O. The number of alkyl halides is 5. The molecule has 12 heteroatoms. The molecule has 1 aliphatic rings. The van der Waals surface area contributed by atoms with Crippen molar-refractivity contribution >= 4 is 11.9 Å². The zero-order chi connectivity index (χ0) is 27.7. The summed E-state index contributed by atoms with van der Waals surface area (Å²) in [6.45, 7) is 3.08. The number of hydrogen-bond donors (Lipinski definition) is 2. The topological polar surface area (TPSA) is 93.5 Å². The number of rotatable bonds is 8. The molecule has 1 heterocycles. The molecule has 0 aliphatic heterocycles. The highest BCUT2D eigenvalue weighted by atomic mass is 19.4. The van der Waals surface area contributed by atoms with Gasteiger partial charge in [-0.05, 0) is 43.5 Å². The van der Waals surface area contributed by atoms with Crippen LogP contribution in [0.5, 0.6) is 0 Å². The van der Waals surface area contributed by atoms with E-state index >= 15 is 0 Å². The highest BCUT2D eigenvalue weighted by Crippen LogP contribution is 2.38. The maximum absolute atomic E-state index is 13.9. The fourth-order valence-electron chi connectivity index (χ4n) is 4.19. The van der Waals surface area contributed by atoms with Gasteiger partial charge in [-0.15, -0.1) is 0 Å².